The van der Waals surface area contributed by atoms with Gasteiger partial charge in [0.25, 0.3) is 0 Å². The summed E-state index contributed by atoms with van der Waals surface area (Å²) < 4.78 is 13.3. The van der Waals surface area contributed by atoms with Crippen LogP contribution in [0.25, 0.3) is 22.2 Å². The van der Waals surface area contributed by atoms with Crippen LogP contribution >= 0.6 is 0 Å². The van der Waals surface area contributed by atoms with Gasteiger partial charge in [-0.05, 0) is 25.2 Å². The number of benzene rings is 2. The van der Waals surface area contributed by atoms with Crippen LogP contribution in [-0.4, -0.2) is 98.3 Å². The highest BCUT2D eigenvalue weighted by Gasteiger charge is 2.18. The van der Waals surface area contributed by atoms with Crippen LogP contribution in [0.3, 0.4) is 0 Å². The summed E-state index contributed by atoms with van der Waals surface area (Å²) in [6, 6.07) is 13.5. The van der Waals surface area contributed by atoms with Crippen LogP contribution in [0.4, 0.5) is 27.8 Å². The van der Waals surface area contributed by atoms with Crippen molar-refractivity contribution in [1.29, 1.82) is 0 Å². The molecule has 0 radical (unpaired) electrons. The molecule has 2 aromatic carbocycles. The summed E-state index contributed by atoms with van der Waals surface area (Å²) in [6.45, 7) is 3.69. The van der Waals surface area contributed by atoms with Crippen molar-refractivity contribution in [1.82, 2.24) is 24.9 Å². The Hall–Kier alpha value is -4.43. The first-order valence-corrected chi connectivity index (χ1v) is 13.9. The smallest absolute Gasteiger partial charge is 0.409 e. The van der Waals surface area contributed by atoms with Gasteiger partial charge in [-0.1, -0.05) is 18.2 Å². The molecule has 0 spiro atoms. The molecule has 13 nitrogen and oxygen atoms in total. The lowest BCUT2D eigenvalue weighted by atomic mass is 10.1. The number of para-hydroxylation sites is 1. The fourth-order valence-electron chi connectivity index (χ4n) is 4.68. The second-order valence-corrected chi connectivity index (χ2v) is 9.95. The minimum atomic E-state index is -1.17. The minimum absolute atomic E-state index is 0.354. The van der Waals surface area contributed by atoms with Gasteiger partial charge in [-0.2, -0.15) is 0 Å². The van der Waals surface area contributed by atoms with Crippen LogP contribution in [0.5, 0.6) is 5.75 Å². The van der Waals surface area contributed by atoms with Gasteiger partial charge in [0, 0.05) is 75.7 Å². The van der Waals surface area contributed by atoms with Gasteiger partial charge in [-0.25, -0.2) is 20.2 Å². The number of hydrogen-bond acceptors (Lipinski definition) is 10. The lowest BCUT2D eigenvalue weighted by Crippen LogP contribution is -2.33. The summed E-state index contributed by atoms with van der Waals surface area (Å²) in [4.78, 5) is 30.0. The van der Waals surface area contributed by atoms with Crippen molar-refractivity contribution >= 4 is 40.0 Å². The molecule has 2 heterocycles. The second kappa shape index (κ2) is 15.2. The molecule has 0 aliphatic rings. The predicted octanol–water partition coefficient (Wildman–Crippen LogP) is 4.01. The zero-order chi connectivity index (χ0) is 30.8. The number of likely N-dealkylation sites (N-methyl/N-ethyl adjacent to an activating group) is 2. The fourth-order valence-corrected chi connectivity index (χ4v) is 4.68. The molecular formula is C30H40N8O5. The number of amides is 1. The quantitative estimate of drug-likeness (QED) is 0.111. The summed E-state index contributed by atoms with van der Waals surface area (Å²) >= 11 is 0. The lowest BCUT2D eigenvalue weighted by molar-refractivity contribution is 0.00247. The maximum absolute atomic E-state index is 11.7. The number of methoxy groups -OCH3 is 1. The normalized spacial score (nSPS) is 11.2. The summed E-state index contributed by atoms with van der Waals surface area (Å²) in [5.74, 6) is 0.870. The molecule has 0 aliphatic heterocycles. The van der Waals surface area contributed by atoms with E-state index >= 15 is 0 Å². The van der Waals surface area contributed by atoms with Crippen molar-refractivity contribution in [2.24, 2.45) is 7.05 Å². The van der Waals surface area contributed by atoms with E-state index in [2.05, 4.69) is 42.7 Å². The average molecular weight is 593 g/mol. The Kier molecular flexibility index (Phi) is 11.1. The summed E-state index contributed by atoms with van der Waals surface area (Å²) in [6.07, 6.45) is 2.56. The van der Waals surface area contributed by atoms with Crippen molar-refractivity contribution in [3.05, 3.63) is 54.9 Å². The van der Waals surface area contributed by atoms with Crippen LogP contribution in [0.1, 0.15) is 0 Å². The number of carbonyl (C=O) groups is 1. The number of nitrogens with one attached hydrogen (secondary N) is 3. The number of hydroxylamine groups is 1. The van der Waals surface area contributed by atoms with Crippen LogP contribution in [-0.2, 0) is 16.6 Å². The van der Waals surface area contributed by atoms with Crippen LogP contribution < -0.4 is 25.8 Å². The van der Waals surface area contributed by atoms with Gasteiger partial charge in [0.2, 0.25) is 5.95 Å². The molecule has 0 aliphatic carbocycles. The van der Waals surface area contributed by atoms with Gasteiger partial charge in [0.15, 0.2) is 0 Å². The van der Waals surface area contributed by atoms with E-state index in [-0.39, 0.29) is 0 Å². The number of fused-ring (bicyclic) bond motifs is 1. The number of anilines is 4. The monoisotopic (exact) mass is 592 g/mol. The number of hydrogen-bond donors (Lipinski definition) is 4. The van der Waals surface area contributed by atoms with Gasteiger partial charge in [-0.3, -0.25) is 10.2 Å². The lowest BCUT2D eigenvalue weighted by Gasteiger charge is -2.26. The molecule has 1 amide bonds. The van der Waals surface area contributed by atoms with E-state index in [0.29, 0.717) is 55.1 Å². The van der Waals surface area contributed by atoms with Gasteiger partial charge < -0.3 is 34.3 Å². The van der Waals surface area contributed by atoms with Crippen molar-refractivity contribution in [3.8, 4) is 17.0 Å². The standard InChI is InChI=1S/C30H40N8O5/c1-31-43-17-16-42-15-14-36(2)12-13-37(3)27-19-28(41-5)25(18-24(27)35-30(39)40)34-29-32-11-10-23(33-29)22-20-38(4)26-9-7-6-8-21(22)26/h6-11,18-20,31,35H,12-17H2,1-5H3,(H,39,40)(H,32,33,34). The highest BCUT2D eigenvalue weighted by Crippen LogP contribution is 2.38. The van der Waals surface area contributed by atoms with E-state index in [1.165, 1.54) is 0 Å². The third-order valence-electron chi connectivity index (χ3n) is 6.95. The molecule has 0 atom stereocenters. The Morgan fingerprint density at radius 1 is 1.05 bits per heavy atom. The molecular weight excluding hydrogens is 552 g/mol. The Morgan fingerprint density at radius 2 is 1.86 bits per heavy atom. The van der Waals surface area contributed by atoms with Crippen molar-refractivity contribution in [3.63, 3.8) is 0 Å². The molecule has 0 bridgehead atoms. The van der Waals surface area contributed by atoms with Gasteiger partial charge >= 0.3 is 6.09 Å². The Balaban J connectivity index is 1.50. The average Bonchev–Trinajstić information content (AvgIpc) is 3.34. The summed E-state index contributed by atoms with van der Waals surface area (Å²) in [5.41, 5.74) is 7.06. The van der Waals surface area contributed by atoms with E-state index in [1.54, 1.807) is 32.5 Å². The molecule has 0 fully saturated rings. The van der Waals surface area contributed by atoms with Gasteiger partial charge in [0.1, 0.15) is 5.75 Å². The van der Waals surface area contributed by atoms with Crippen molar-refractivity contribution in [2.75, 3.05) is 83.2 Å². The molecule has 0 saturated heterocycles. The summed E-state index contributed by atoms with van der Waals surface area (Å²) in [5, 5.41) is 16.4. The molecule has 4 rings (SSSR count). The first kappa shape index (κ1) is 31.5. The molecule has 13 heteroatoms. The highest BCUT2D eigenvalue weighted by molar-refractivity contribution is 5.95. The molecule has 4 N–H and O–H groups in total. The summed E-state index contributed by atoms with van der Waals surface area (Å²) in [7, 11) is 9.20. The largest absolute Gasteiger partial charge is 0.494 e. The van der Waals surface area contributed by atoms with Crippen LogP contribution in [0, 0.1) is 0 Å². The SMILES string of the molecule is CNOCCOCCN(C)CCN(C)c1cc(OC)c(Nc2nccc(-c3cn(C)c4ccccc34)n2)cc1NC(=O)O. The number of ether oxygens (including phenoxy) is 2. The van der Waals surface area contributed by atoms with E-state index in [0.717, 1.165) is 35.2 Å². The number of rotatable bonds is 16. The van der Waals surface area contributed by atoms with Crippen molar-refractivity contribution < 1.29 is 24.2 Å². The van der Waals surface area contributed by atoms with Gasteiger partial charge in [0.05, 0.1) is 49.7 Å². The Morgan fingerprint density at radius 3 is 2.63 bits per heavy atom. The molecule has 4 aromatic rings. The first-order chi connectivity index (χ1) is 20.8. The number of aryl methyl sites for hydroxylation is 1. The number of carboxylic acid groups (broad SMARTS) is 1. The first-order valence-electron chi connectivity index (χ1n) is 13.9. The molecule has 0 saturated carbocycles. The number of aromatic nitrogens is 3. The van der Waals surface area contributed by atoms with E-state index in [1.807, 2.05) is 50.4 Å². The van der Waals surface area contributed by atoms with E-state index < -0.39 is 6.09 Å². The molecule has 2 aromatic heterocycles. The predicted molar refractivity (Wildman–Crippen MR) is 168 cm³/mol. The van der Waals surface area contributed by atoms with Crippen LogP contribution in [0.2, 0.25) is 0 Å². The van der Waals surface area contributed by atoms with Gasteiger partial charge in [-0.15, -0.1) is 0 Å². The third kappa shape index (κ3) is 8.32. The zero-order valence-corrected chi connectivity index (χ0v) is 25.3. The fraction of sp³-hybridized carbons (Fsp3) is 0.367. The van der Waals surface area contributed by atoms with E-state index in [9.17, 15) is 9.90 Å². The highest BCUT2D eigenvalue weighted by atomic mass is 16.7. The van der Waals surface area contributed by atoms with Crippen molar-refractivity contribution in [2.45, 2.75) is 0 Å². The van der Waals surface area contributed by atoms with Crippen LogP contribution in [0.15, 0.2) is 54.9 Å². The zero-order valence-electron chi connectivity index (χ0n) is 25.3. The maximum atomic E-state index is 11.7. The molecule has 0 unspecified atom stereocenters. The Bertz CT molecular complexity index is 1510. The number of nitrogens with zero attached hydrogens (tertiary/aromatic N) is 5. The van der Waals surface area contributed by atoms with E-state index in [4.69, 9.17) is 19.3 Å². The minimum Gasteiger partial charge on any atom is -0.494 e. The molecule has 43 heavy (non-hydrogen) atoms. The third-order valence-corrected chi connectivity index (χ3v) is 6.95. The second-order valence-electron chi connectivity index (χ2n) is 9.95. The maximum Gasteiger partial charge on any atom is 0.409 e. The molecule has 230 valence electrons. The Labute approximate surface area is 251 Å². The topological polar surface area (TPSA) is 138 Å².